The van der Waals surface area contributed by atoms with Crippen molar-refractivity contribution in [3.63, 3.8) is 0 Å². The summed E-state index contributed by atoms with van der Waals surface area (Å²) in [4.78, 5) is 0. The number of halogens is 4. The van der Waals surface area contributed by atoms with Gasteiger partial charge in [-0.05, 0) is 60.5 Å². The molecule has 1 N–H and O–H groups in total. The Balaban J connectivity index is 1.70. The highest BCUT2D eigenvalue weighted by atomic mass is 35.5. The molecule has 30 heavy (non-hydrogen) atoms. The lowest BCUT2D eigenvalue weighted by molar-refractivity contribution is 0.284. The second-order valence-electron chi connectivity index (χ2n) is 6.35. The van der Waals surface area contributed by atoms with Gasteiger partial charge in [-0.1, -0.05) is 52.5 Å². The number of methoxy groups -OCH3 is 1. The van der Waals surface area contributed by atoms with E-state index in [4.69, 9.17) is 55.9 Å². The third kappa shape index (κ3) is 5.52. The van der Waals surface area contributed by atoms with Gasteiger partial charge in [0.2, 0.25) is 0 Å². The maximum Gasteiger partial charge on any atom is 0.161 e. The summed E-state index contributed by atoms with van der Waals surface area (Å²) in [6, 6.07) is 14.4. The predicted octanol–water partition coefficient (Wildman–Crippen LogP) is 7.64. The van der Waals surface area contributed by atoms with Gasteiger partial charge < -0.3 is 9.47 Å². The quantitative estimate of drug-likeness (QED) is 0.213. The van der Waals surface area contributed by atoms with Crippen LogP contribution in [0, 0.1) is 6.92 Å². The standard InChI is InChI=1S/C22H18Cl4N2O2/c1-13-3-5-15(10-19(13)25)28-27-11-14-4-8-20(21(9-14)29-2)30-12-16-17(23)6-7-18(24)22(16)26/h3-11,28H,12H2,1-2H3. The van der Waals surface area contributed by atoms with Crippen molar-refractivity contribution in [1.82, 2.24) is 0 Å². The normalized spacial score (nSPS) is 11.0. The number of ether oxygens (including phenoxy) is 2. The molecule has 0 heterocycles. The maximum absolute atomic E-state index is 6.23. The Labute approximate surface area is 195 Å². The fourth-order valence-corrected chi connectivity index (χ4v) is 3.42. The van der Waals surface area contributed by atoms with Gasteiger partial charge in [0.15, 0.2) is 11.5 Å². The van der Waals surface area contributed by atoms with Crippen molar-refractivity contribution in [3.8, 4) is 11.5 Å². The zero-order valence-electron chi connectivity index (χ0n) is 16.2. The number of anilines is 1. The van der Waals surface area contributed by atoms with Gasteiger partial charge >= 0.3 is 0 Å². The van der Waals surface area contributed by atoms with Gasteiger partial charge in [0, 0.05) is 15.6 Å². The number of hydrogen-bond acceptors (Lipinski definition) is 4. The monoisotopic (exact) mass is 482 g/mol. The van der Waals surface area contributed by atoms with Crippen LogP contribution in [0.4, 0.5) is 5.69 Å². The minimum Gasteiger partial charge on any atom is -0.493 e. The second kappa shape index (κ2) is 10.3. The minimum absolute atomic E-state index is 0.151. The van der Waals surface area contributed by atoms with Gasteiger partial charge in [0.1, 0.15) is 6.61 Å². The van der Waals surface area contributed by atoms with Crippen LogP contribution in [0.25, 0.3) is 0 Å². The van der Waals surface area contributed by atoms with Crippen molar-refractivity contribution in [3.05, 3.63) is 85.3 Å². The SMILES string of the molecule is COc1cc(C=NNc2ccc(C)c(Cl)c2)ccc1OCc1c(Cl)ccc(Cl)c1Cl. The number of nitrogens with zero attached hydrogens (tertiary/aromatic N) is 1. The zero-order chi connectivity index (χ0) is 21.7. The Morgan fingerprint density at radius 3 is 2.40 bits per heavy atom. The van der Waals surface area contributed by atoms with Gasteiger partial charge in [-0.2, -0.15) is 5.10 Å². The van der Waals surface area contributed by atoms with Gasteiger partial charge in [0.25, 0.3) is 0 Å². The molecule has 0 bridgehead atoms. The fourth-order valence-electron chi connectivity index (χ4n) is 2.58. The Kier molecular flexibility index (Phi) is 7.73. The van der Waals surface area contributed by atoms with Crippen molar-refractivity contribution >= 4 is 58.3 Å². The summed E-state index contributed by atoms with van der Waals surface area (Å²) >= 11 is 24.6. The molecule has 0 aliphatic heterocycles. The summed E-state index contributed by atoms with van der Waals surface area (Å²) in [5, 5.41) is 6.18. The molecule has 3 aromatic rings. The van der Waals surface area contributed by atoms with E-state index in [-0.39, 0.29) is 6.61 Å². The highest BCUT2D eigenvalue weighted by Crippen LogP contribution is 2.34. The maximum atomic E-state index is 6.23. The van der Waals surface area contributed by atoms with Gasteiger partial charge in [-0.25, -0.2) is 0 Å². The van der Waals surface area contributed by atoms with E-state index in [2.05, 4.69) is 10.5 Å². The predicted molar refractivity (Wildman–Crippen MR) is 126 cm³/mol. The van der Waals surface area contributed by atoms with E-state index in [1.165, 1.54) is 0 Å². The van der Waals surface area contributed by atoms with Crippen LogP contribution in [0.5, 0.6) is 11.5 Å². The first-order valence-electron chi connectivity index (χ1n) is 8.87. The summed E-state index contributed by atoms with van der Waals surface area (Å²) in [7, 11) is 1.56. The van der Waals surface area contributed by atoms with Crippen molar-refractivity contribution in [2.75, 3.05) is 12.5 Å². The summed E-state index contributed by atoms with van der Waals surface area (Å²) in [5.74, 6) is 1.09. The minimum atomic E-state index is 0.151. The summed E-state index contributed by atoms with van der Waals surface area (Å²) in [5.41, 5.74) is 6.18. The molecule has 3 aromatic carbocycles. The lowest BCUT2D eigenvalue weighted by atomic mass is 10.2. The number of nitrogens with one attached hydrogen (secondary N) is 1. The van der Waals surface area contributed by atoms with Crippen LogP contribution in [0.15, 0.2) is 53.6 Å². The fraction of sp³-hybridized carbons (Fsp3) is 0.136. The summed E-state index contributed by atoms with van der Waals surface area (Å²) < 4.78 is 11.3. The molecule has 0 spiro atoms. The summed E-state index contributed by atoms with van der Waals surface area (Å²) in [6.07, 6.45) is 1.67. The largest absolute Gasteiger partial charge is 0.493 e. The van der Waals surface area contributed by atoms with Crippen LogP contribution in [-0.2, 0) is 6.61 Å². The van der Waals surface area contributed by atoms with Crippen LogP contribution < -0.4 is 14.9 Å². The van der Waals surface area contributed by atoms with Crippen LogP contribution in [0.1, 0.15) is 16.7 Å². The van der Waals surface area contributed by atoms with E-state index < -0.39 is 0 Å². The van der Waals surface area contributed by atoms with E-state index in [1.54, 1.807) is 31.5 Å². The van der Waals surface area contributed by atoms with Crippen molar-refractivity contribution in [2.45, 2.75) is 13.5 Å². The Morgan fingerprint density at radius 2 is 1.67 bits per heavy atom. The lowest BCUT2D eigenvalue weighted by Gasteiger charge is -2.13. The van der Waals surface area contributed by atoms with E-state index >= 15 is 0 Å². The van der Waals surface area contributed by atoms with Gasteiger partial charge in [-0.15, -0.1) is 0 Å². The van der Waals surface area contributed by atoms with Crippen LogP contribution in [0.3, 0.4) is 0 Å². The van der Waals surface area contributed by atoms with E-state index in [0.29, 0.717) is 37.2 Å². The Morgan fingerprint density at radius 1 is 0.900 bits per heavy atom. The molecule has 3 rings (SSSR count). The third-order valence-corrected chi connectivity index (χ3v) is 5.88. The average molecular weight is 484 g/mol. The molecule has 0 saturated heterocycles. The molecule has 0 aromatic heterocycles. The molecule has 156 valence electrons. The van der Waals surface area contributed by atoms with Gasteiger partial charge in [0.05, 0.1) is 29.1 Å². The zero-order valence-corrected chi connectivity index (χ0v) is 19.2. The molecule has 8 heteroatoms. The highest BCUT2D eigenvalue weighted by Gasteiger charge is 2.12. The third-order valence-electron chi connectivity index (χ3n) is 4.28. The first kappa shape index (κ1) is 22.6. The molecule has 0 radical (unpaired) electrons. The van der Waals surface area contributed by atoms with E-state index in [9.17, 15) is 0 Å². The molecule has 4 nitrogen and oxygen atoms in total. The molecule has 0 amide bonds. The topological polar surface area (TPSA) is 42.8 Å². The smallest absolute Gasteiger partial charge is 0.161 e. The van der Waals surface area contributed by atoms with Crippen molar-refractivity contribution < 1.29 is 9.47 Å². The molecule has 0 unspecified atom stereocenters. The van der Waals surface area contributed by atoms with Crippen LogP contribution in [-0.4, -0.2) is 13.3 Å². The molecular weight excluding hydrogens is 466 g/mol. The van der Waals surface area contributed by atoms with Gasteiger partial charge in [-0.3, -0.25) is 5.43 Å². The number of benzene rings is 3. The molecule has 0 saturated carbocycles. The number of hydrogen-bond donors (Lipinski definition) is 1. The Hall–Kier alpha value is -2.11. The van der Waals surface area contributed by atoms with Crippen LogP contribution in [0.2, 0.25) is 20.1 Å². The highest BCUT2D eigenvalue weighted by molar-refractivity contribution is 6.44. The first-order chi connectivity index (χ1) is 14.4. The van der Waals surface area contributed by atoms with Crippen molar-refractivity contribution in [2.24, 2.45) is 5.10 Å². The second-order valence-corrected chi connectivity index (χ2v) is 7.95. The molecule has 0 aliphatic carbocycles. The number of hydrazone groups is 1. The summed E-state index contributed by atoms with van der Waals surface area (Å²) in [6.45, 7) is 2.09. The van der Waals surface area contributed by atoms with E-state index in [0.717, 1.165) is 16.8 Å². The molecule has 0 aliphatic rings. The molecular formula is C22H18Cl4N2O2. The van der Waals surface area contributed by atoms with E-state index in [1.807, 2.05) is 37.3 Å². The number of aryl methyl sites for hydroxylation is 1. The molecule has 0 fully saturated rings. The van der Waals surface area contributed by atoms with Crippen molar-refractivity contribution in [1.29, 1.82) is 0 Å². The lowest BCUT2D eigenvalue weighted by Crippen LogP contribution is -2.00. The Bertz CT molecular complexity index is 1090. The first-order valence-corrected chi connectivity index (χ1v) is 10.4. The number of rotatable bonds is 7. The molecule has 0 atom stereocenters. The average Bonchev–Trinajstić information content (AvgIpc) is 2.74. The van der Waals surface area contributed by atoms with Crippen LogP contribution >= 0.6 is 46.4 Å².